The van der Waals surface area contributed by atoms with Crippen molar-refractivity contribution in [2.24, 2.45) is 17.1 Å². The molecule has 19 heavy (non-hydrogen) atoms. The van der Waals surface area contributed by atoms with Gasteiger partial charge >= 0.3 is 0 Å². The highest BCUT2D eigenvalue weighted by atomic mass is 16.2. The third-order valence-corrected chi connectivity index (χ3v) is 5.12. The smallest absolute Gasteiger partial charge is 0.241 e. The lowest BCUT2D eigenvalue weighted by Crippen LogP contribution is -2.54. The van der Waals surface area contributed by atoms with Gasteiger partial charge in [0.15, 0.2) is 0 Å². The molecule has 1 aliphatic carbocycles. The number of nitrogens with zero attached hydrogens (tertiary/aromatic N) is 2. The molecule has 1 saturated heterocycles. The molecule has 0 aromatic carbocycles. The molecule has 2 fully saturated rings. The zero-order valence-electron chi connectivity index (χ0n) is 11.8. The zero-order chi connectivity index (χ0) is 14.2. The Morgan fingerprint density at radius 2 is 2.21 bits per heavy atom. The van der Waals surface area contributed by atoms with Crippen LogP contribution in [0.4, 0.5) is 0 Å². The minimum atomic E-state index is -0.588. The fourth-order valence-electron chi connectivity index (χ4n) is 3.40. The molecule has 1 heterocycles. The lowest BCUT2D eigenvalue weighted by atomic mass is 9.75. The van der Waals surface area contributed by atoms with Gasteiger partial charge in [-0.1, -0.05) is 19.9 Å². The number of fused-ring (bicyclic) bond motifs is 1. The second-order valence-corrected chi connectivity index (χ2v) is 5.81. The fourth-order valence-corrected chi connectivity index (χ4v) is 3.40. The van der Waals surface area contributed by atoms with Gasteiger partial charge in [-0.15, -0.1) is 6.58 Å². The molecule has 0 aromatic rings. The molecule has 1 saturated carbocycles. The van der Waals surface area contributed by atoms with Gasteiger partial charge < -0.3 is 10.6 Å². The molecule has 4 nitrogen and oxygen atoms in total. The van der Waals surface area contributed by atoms with E-state index in [-0.39, 0.29) is 23.4 Å². The van der Waals surface area contributed by atoms with Gasteiger partial charge in [0.2, 0.25) is 5.91 Å². The number of hydrogen-bond donors (Lipinski definition) is 1. The number of likely N-dealkylation sites (tertiary alicyclic amines) is 1. The van der Waals surface area contributed by atoms with Crippen molar-refractivity contribution in [3.05, 3.63) is 12.7 Å². The van der Waals surface area contributed by atoms with Crippen molar-refractivity contribution in [1.29, 1.82) is 5.26 Å². The molecular weight excluding hydrogens is 238 g/mol. The SMILES string of the molecule is C=CC(CC)(CC)[C@H](N)C(=O)N1[C@H](C#N)C[C@@H]2C[C@@H]21. The maximum Gasteiger partial charge on any atom is 0.241 e. The van der Waals surface area contributed by atoms with Crippen LogP contribution in [0.25, 0.3) is 0 Å². The first kappa shape index (κ1) is 14.1. The molecule has 1 aliphatic heterocycles. The van der Waals surface area contributed by atoms with Gasteiger partial charge in [0.25, 0.3) is 0 Å². The Morgan fingerprint density at radius 1 is 1.58 bits per heavy atom. The van der Waals surface area contributed by atoms with Gasteiger partial charge in [-0.3, -0.25) is 4.79 Å². The third-order valence-electron chi connectivity index (χ3n) is 5.12. The minimum Gasteiger partial charge on any atom is -0.322 e. The van der Waals surface area contributed by atoms with E-state index >= 15 is 0 Å². The molecule has 4 heteroatoms. The van der Waals surface area contributed by atoms with E-state index in [4.69, 9.17) is 5.73 Å². The van der Waals surface area contributed by atoms with E-state index in [0.29, 0.717) is 5.92 Å². The van der Waals surface area contributed by atoms with E-state index in [9.17, 15) is 10.1 Å². The van der Waals surface area contributed by atoms with Crippen LogP contribution in [0, 0.1) is 22.7 Å². The molecule has 0 unspecified atom stereocenters. The molecule has 0 aromatic heterocycles. The first-order valence-corrected chi connectivity index (χ1v) is 7.15. The Labute approximate surface area is 115 Å². The second kappa shape index (κ2) is 4.97. The summed E-state index contributed by atoms with van der Waals surface area (Å²) in [6.07, 6.45) is 5.25. The van der Waals surface area contributed by atoms with E-state index in [1.54, 1.807) is 4.90 Å². The van der Waals surface area contributed by atoms with Crippen LogP contribution in [0.3, 0.4) is 0 Å². The average molecular weight is 261 g/mol. The molecule has 104 valence electrons. The molecule has 4 atom stereocenters. The number of piperidine rings is 1. The predicted molar refractivity (Wildman–Crippen MR) is 73.9 cm³/mol. The van der Waals surface area contributed by atoms with Crippen molar-refractivity contribution in [3.63, 3.8) is 0 Å². The van der Waals surface area contributed by atoms with E-state index in [0.717, 1.165) is 25.7 Å². The highest BCUT2D eigenvalue weighted by Crippen LogP contribution is 2.48. The molecule has 2 rings (SSSR count). The average Bonchev–Trinajstić information content (AvgIpc) is 3.11. The van der Waals surface area contributed by atoms with Crippen LogP contribution in [0.15, 0.2) is 12.7 Å². The number of nitriles is 1. The summed E-state index contributed by atoms with van der Waals surface area (Å²) in [4.78, 5) is 14.4. The number of rotatable bonds is 5. The monoisotopic (exact) mass is 261 g/mol. The predicted octanol–water partition coefficient (Wildman–Crippen LogP) is 1.82. The van der Waals surface area contributed by atoms with Gasteiger partial charge in [0, 0.05) is 11.5 Å². The quantitative estimate of drug-likeness (QED) is 0.767. The third kappa shape index (κ3) is 2.06. The fraction of sp³-hybridized carbons (Fsp3) is 0.733. The van der Waals surface area contributed by atoms with Crippen LogP contribution in [0.5, 0.6) is 0 Å². The standard InChI is InChI=1S/C15H23N3O/c1-4-15(5-2,6-3)13(17)14(19)18-11(9-16)7-10-8-12(10)18/h4,10-13H,1,5-8,17H2,2-3H3/t10-,11+,12+,13-/m1/s1. The van der Waals surface area contributed by atoms with Gasteiger partial charge in [0.1, 0.15) is 6.04 Å². The summed E-state index contributed by atoms with van der Waals surface area (Å²) >= 11 is 0. The van der Waals surface area contributed by atoms with Crippen molar-refractivity contribution in [3.8, 4) is 6.07 Å². The molecule has 0 radical (unpaired) electrons. The maximum atomic E-state index is 12.7. The van der Waals surface area contributed by atoms with Gasteiger partial charge in [-0.25, -0.2) is 0 Å². The van der Waals surface area contributed by atoms with Crippen LogP contribution in [0.2, 0.25) is 0 Å². The Hall–Kier alpha value is -1.34. The lowest BCUT2D eigenvalue weighted by Gasteiger charge is -2.37. The van der Waals surface area contributed by atoms with E-state index in [1.807, 2.05) is 19.9 Å². The number of nitrogens with two attached hydrogens (primary N) is 1. The highest BCUT2D eigenvalue weighted by Gasteiger charge is 2.55. The Bertz CT molecular complexity index is 422. The van der Waals surface area contributed by atoms with E-state index < -0.39 is 6.04 Å². The van der Waals surface area contributed by atoms with E-state index in [2.05, 4.69) is 12.6 Å². The van der Waals surface area contributed by atoms with Crippen molar-refractivity contribution in [2.45, 2.75) is 57.7 Å². The zero-order valence-corrected chi connectivity index (χ0v) is 11.8. The summed E-state index contributed by atoms with van der Waals surface area (Å²) in [6, 6.07) is 1.64. The van der Waals surface area contributed by atoms with Gasteiger partial charge in [0.05, 0.1) is 12.1 Å². The topological polar surface area (TPSA) is 70.1 Å². The first-order chi connectivity index (χ1) is 9.04. The van der Waals surface area contributed by atoms with Crippen LogP contribution >= 0.6 is 0 Å². The molecule has 2 aliphatic rings. The molecule has 1 amide bonds. The normalized spacial score (nSPS) is 30.4. The Balaban J connectivity index is 2.19. The van der Waals surface area contributed by atoms with E-state index in [1.165, 1.54) is 0 Å². The second-order valence-electron chi connectivity index (χ2n) is 5.81. The van der Waals surface area contributed by atoms with Crippen LogP contribution in [-0.4, -0.2) is 28.9 Å². The molecule has 2 N–H and O–H groups in total. The summed E-state index contributed by atoms with van der Waals surface area (Å²) in [5.74, 6) is 0.460. The Morgan fingerprint density at radius 3 is 2.68 bits per heavy atom. The summed E-state index contributed by atoms with van der Waals surface area (Å²) < 4.78 is 0. The van der Waals surface area contributed by atoms with Gasteiger partial charge in [-0.2, -0.15) is 5.26 Å². The molecule has 0 spiro atoms. The minimum absolute atomic E-state index is 0.0693. The maximum absolute atomic E-state index is 12.7. The Kier molecular flexibility index (Phi) is 3.69. The van der Waals surface area contributed by atoms with Gasteiger partial charge in [-0.05, 0) is 31.6 Å². The van der Waals surface area contributed by atoms with Crippen molar-refractivity contribution in [1.82, 2.24) is 4.90 Å². The number of carbonyl (C=O) groups is 1. The summed E-state index contributed by atoms with van der Waals surface area (Å²) in [5, 5.41) is 9.17. The largest absolute Gasteiger partial charge is 0.322 e. The summed E-state index contributed by atoms with van der Waals surface area (Å²) in [6.45, 7) is 7.92. The van der Waals surface area contributed by atoms with Crippen LogP contribution in [0.1, 0.15) is 39.5 Å². The number of hydrogen-bond acceptors (Lipinski definition) is 3. The number of carbonyl (C=O) groups excluding carboxylic acids is 1. The highest BCUT2D eigenvalue weighted by molar-refractivity contribution is 5.84. The van der Waals surface area contributed by atoms with Crippen molar-refractivity contribution >= 4 is 5.91 Å². The molecular formula is C15H23N3O. The summed E-state index contributed by atoms with van der Waals surface area (Å²) in [7, 11) is 0. The van der Waals surface area contributed by atoms with Crippen LogP contribution in [-0.2, 0) is 4.79 Å². The van der Waals surface area contributed by atoms with Crippen LogP contribution < -0.4 is 5.73 Å². The molecule has 0 bridgehead atoms. The number of amides is 1. The summed E-state index contributed by atoms with van der Waals surface area (Å²) in [5.41, 5.74) is 5.88. The van der Waals surface area contributed by atoms with Crippen molar-refractivity contribution in [2.75, 3.05) is 0 Å². The lowest BCUT2D eigenvalue weighted by molar-refractivity contribution is -0.136. The van der Waals surface area contributed by atoms with Crippen molar-refractivity contribution < 1.29 is 4.79 Å². The first-order valence-electron chi connectivity index (χ1n) is 7.15.